The molecule has 0 radical (unpaired) electrons. The van der Waals surface area contributed by atoms with E-state index in [-0.39, 0.29) is 5.92 Å². The van der Waals surface area contributed by atoms with Gasteiger partial charge in [-0.1, -0.05) is 6.58 Å². The van der Waals surface area contributed by atoms with Crippen LogP contribution >= 0.6 is 0 Å². The summed E-state index contributed by atoms with van der Waals surface area (Å²) in [5.74, 6) is 0.266. The summed E-state index contributed by atoms with van der Waals surface area (Å²) in [5.41, 5.74) is 6.54. The Bertz CT molecular complexity index is 209. The lowest BCUT2D eigenvalue weighted by Gasteiger charge is -2.29. The number of piperidine rings is 1. The first-order valence-corrected chi connectivity index (χ1v) is 4.75. The Morgan fingerprint density at radius 2 is 2.15 bits per heavy atom. The first-order chi connectivity index (χ1) is 6.26. The molecule has 3 nitrogen and oxygen atoms in total. The molecule has 0 amide bonds. The maximum absolute atomic E-state index is 8.70. The lowest BCUT2D eigenvalue weighted by Crippen LogP contribution is -2.35. The molecule has 3 heteroatoms. The third kappa shape index (κ3) is 3.17. The van der Waals surface area contributed by atoms with Crippen LogP contribution in [-0.4, -0.2) is 31.1 Å². The number of hydrogen-bond acceptors (Lipinski definition) is 3. The van der Waals surface area contributed by atoms with Crippen LogP contribution in [0.4, 0.5) is 0 Å². The van der Waals surface area contributed by atoms with Gasteiger partial charge in [-0.05, 0) is 31.5 Å². The normalized spacial score (nSPS) is 19.7. The summed E-state index contributed by atoms with van der Waals surface area (Å²) in [6, 6.07) is 2.32. The van der Waals surface area contributed by atoms with Crippen molar-refractivity contribution in [2.24, 2.45) is 11.7 Å². The van der Waals surface area contributed by atoms with E-state index >= 15 is 0 Å². The molecule has 1 heterocycles. The largest absolute Gasteiger partial charge is 0.327 e. The standard InChI is InChI=1S/C10H17N3/c1-9(6-11)8-13-4-2-10(7-12)3-5-13/h10H,1-6,8,11H2. The lowest BCUT2D eigenvalue weighted by molar-refractivity contribution is 0.220. The SMILES string of the molecule is C=C(CN)CN1CCC(C#N)CC1. The monoisotopic (exact) mass is 179 g/mol. The van der Waals surface area contributed by atoms with Gasteiger partial charge in [-0.3, -0.25) is 4.90 Å². The lowest BCUT2D eigenvalue weighted by atomic mass is 9.98. The number of nitrogens with two attached hydrogens (primary N) is 1. The highest BCUT2D eigenvalue weighted by molar-refractivity contribution is 5.00. The van der Waals surface area contributed by atoms with E-state index in [1.165, 1.54) is 0 Å². The summed E-state index contributed by atoms with van der Waals surface area (Å²) in [6.07, 6.45) is 1.99. The molecular weight excluding hydrogens is 162 g/mol. The highest BCUT2D eigenvalue weighted by Gasteiger charge is 2.18. The summed E-state index contributed by atoms with van der Waals surface area (Å²) in [6.45, 7) is 7.36. The second-order valence-corrected chi connectivity index (χ2v) is 3.63. The van der Waals surface area contributed by atoms with Crippen LogP contribution in [0, 0.1) is 17.2 Å². The molecule has 0 aromatic rings. The van der Waals surface area contributed by atoms with Crippen molar-refractivity contribution in [3.8, 4) is 6.07 Å². The van der Waals surface area contributed by atoms with Crippen LogP contribution in [0.3, 0.4) is 0 Å². The molecule has 1 saturated heterocycles. The minimum atomic E-state index is 0.266. The molecule has 13 heavy (non-hydrogen) atoms. The van der Waals surface area contributed by atoms with Crippen LogP contribution in [0.1, 0.15) is 12.8 Å². The fraction of sp³-hybridized carbons (Fsp3) is 0.700. The van der Waals surface area contributed by atoms with Crippen LogP contribution in [-0.2, 0) is 0 Å². The highest BCUT2D eigenvalue weighted by Crippen LogP contribution is 2.16. The van der Waals surface area contributed by atoms with E-state index in [2.05, 4.69) is 17.5 Å². The number of hydrogen-bond donors (Lipinski definition) is 1. The van der Waals surface area contributed by atoms with Crippen molar-refractivity contribution in [3.05, 3.63) is 12.2 Å². The average Bonchev–Trinajstić information content (AvgIpc) is 2.19. The zero-order valence-electron chi connectivity index (χ0n) is 8.00. The molecule has 0 saturated carbocycles. The average molecular weight is 179 g/mol. The summed E-state index contributed by atoms with van der Waals surface area (Å²) in [7, 11) is 0. The van der Waals surface area contributed by atoms with Crippen molar-refractivity contribution in [1.82, 2.24) is 4.90 Å². The predicted molar refractivity (Wildman–Crippen MR) is 53.0 cm³/mol. The second-order valence-electron chi connectivity index (χ2n) is 3.63. The molecule has 0 aromatic carbocycles. The number of likely N-dealkylation sites (tertiary alicyclic amines) is 1. The molecule has 1 rings (SSSR count). The summed E-state index contributed by atoms with van der Waals surface area (Å²) in [4.78, 5) is 2.32. The van der Waals surface area contributed by atoms with E-state index in [0.717, 1.165) is 38.0 Å². The van der Waals surface area contributed by atoms with Crippen LogP contribution in [0.2, 0.25) is 0 Å². The molecule has 0 spiro atoms. The van der Waals surface area contributed by atoms with Gasteiger partial charge in [-0.2, -0.15) is 5.26 Å². The van der Waals surface area contributed by atoms with Gasteiger partial charge in [0, 0.05) is 19.0 Å². The zero-order chi connectivity index (χ0) is 9.68. The molecule has 1 aliphatic heterocycles. The van der Waals surface area contributed by atoms with Gasteiger partial charge in [0.05, 0.1) is 6.07 Å². The van der Waals surface area contributed by atoms with Gasteiger partial charge in [-0.15, -0.1) is 0 Å². The Kier molecular flexibility index (Phi) is 3.94. The van der Waals surface area contributed by atoms with Crippen molar-refractivity contribution in [3.63, 3.8) is 0 Å². The molecule has 2 N–H and O–H groups in total. The van der Waals surface area contributed by atoms with Gasteiger partial charge in [0.2, 0.25) is 0 Å². The van der Waals surface area contributed by atoms with Crippen LogP contribution in [0.5, 0.6) is 0 Å². The van der Waals surface area contributed by atoms with Crippen LogP contribution < -0.4 is 5.73 Å². The molecule has 72 valence electrons. The summed E-state index contributed by atoms with van der Waals surface area (Å²) >= 11 is 0. The van der Waals surface area contributed by atoms with Gasteiger partial charge < -0.3 is 5.73 Å². The predicted octanol–water partition coefficient (Wildman–Crippen LogP) is 0.737. The molecule has 1 aliphatic rings. The van der Waals surface area contributed by atoms with E-state index in [1.807, 2.05) is 0 Å². The van der Waals surface area contributed by atoms with Crippen LogP contribution in [0.15, 0.2) is 12.2 Å². The fourth-order valence-electron chi connectivity index (χ4n) is 1.60. The maximum Gasteiger partial charge on any atom is 0.0656 e. The second kappa shape index (κ2) is 5.00. The Labute approximate surface area is 79.8 Å². The molecule has 0 unspecified atom stereocenters. The van der Waals surface area contributed by atoms with Gasteiger partial charge in [0.1, 0.15) is 0 Å². The van der Waals surface area contributed by atoms with Gasteiger partial charge in [0.15, 0.2) is 0 Å². The van der Waals surface area contributed by atoms with Crippen molar-refractivity contribution in [1.29, 1.82) is 5.26 Å². The quantitative estimate of drug-likeness (QED) is 0.650. The van der Waals surface area contributed by atoms with Crippen molar-refractivity contribution in [2.75, 3.05) is 26.2 Å². The van der Waals surface area contributed by atoms with Crippen molar-refractivity contribution >= 4 is 0 Å². The van der Waals surface area contributed by atoms with E-state index in [4.69, 9.17) is 11.0 Å². The number of nitrogens with zero attached hydrogens (tertiary/aromatic N) is 2. The third-order valence-corrected chi connectivity index (χ3v) is 2.51. The minimum Gasteiger partial charge on any atom is -0.327 e. The molecule has 0 aromatic heterocycles. The molecule has 0 aliphatic carbocycles. The highest BCUT2D eigenvalue weighted by atomic mass is 15.1. The Morgan fingerprint density at radius 3 is 2.62 bits per heavy atom. The van der Waals surface area contributed by atoms with Crippen molar-refractivity contribution in [2.45, 2.75) is 12.8 Å². The van der Waals surface area contributed by atoms with Crippen LogP contribution in [0.25, 0.3) is 0 Å². The van der Waals surface area contributed by atoms with Crippen molar-refractivity contribution < 1.29 is 0 Å². The zero-order valence-corrected chi connectivity index (χ0v) is 8.00. The van der Waals surface area contributed by atoms with Gasteiger partial charge in [0.25, 0.3) is 0 Å². The van der Waals surface area contributed by atoms with Gasteiger partial charge in [-0.25, -0.2) is 0 Å². The van der Waals surface area contributed by atoms with E-state index < -0.39 is 0 Å². The summed E-state index contributed by atoms with van der Waals surface area (Å²) in [5, 5.41) is 8.70. The fourth-order valence-corrected chi connectivity index (χ4v) is 1.60. The molecular formula is C10H17N3. The van der Waals surface area contributed by atoms with E-state index in [9.17, 15) is 0 Å². The number of rotatable bonds is 3. The molecule has 0 atom stereocenters. The third-order valence-electron chi connectivity index (χ3n) is 2.51. The Balaban J connectivity index is 2.26. The topological polar surface area (TPSA) is 53.0 Å². The smallest absolute Gasteiger partial charge is 0.0656 e. The van der Waals surface area contributed by atoms with E-state index in [1.54, 1.807) is 0 Å². The Morgan fingerprint density at radius 1 is 1.54 bits per heavy atom. The first kappa shape index (κ1) is 10.2. The van der Waals surface area contributed by atoms with E-state index in [0.29, 0.717) is 6.54 Å². The summed E-state index contributed by atoms with van der Waals surface area (Å²) < 4.78 is 0. The molecule has 0 bridgehead atoms. The minimum absolute atomic E-state index is 0.266. The first-order valence-electron chi connectivity index (χ1n) is 4.75. The Hall–Kier alpha value is -0.850. The van der Waals surface area contributed by atoms with Gasteiger partial charge >= 0.3 is 0 Å². The number of nitriles is 1. The maximum atomic E-state index is 8.70. The molecule has 1 fully saturated rings.